The number of ether oxygens (including phenoxy) is 1. The first-order valence-corrected chi connectivity index (χ1v) is 10.8. The van der Waals surface area contributed by atoms with Crippen LogP contribution in [0.5, 0.6) is 5.75 Å². The Balaban J connectivity index is 1.73. The van der Waals surface area contributed by atoms with E-state index >= 15 is 0 Å². The van der Waals surface area contributed by atoms with Gasteiger partial charge in [-0.3, -0.25) is 9.10 Å². The monoisotopic (exact) mass is 424 g/mol. The van der Waals surface area contributed by atoms with E-state index < -0.39 is 10.0 Å². The number of methoxy groups -OCH3 is 1. The number of benzene rings is 3. The second kappa shape index (κ2) is 9.00. The van der Waals surface area contributed by atoms with Crippen LogP contribution in [-0.4, -0.2) is 40.4 Å². The summed E-state index contributed by atoms with van der Waals surface area (Å²) in [6.07, 6.45) is 0. The molecule has 0 N–H and O–H groups in total. The molecule has 3 rings (SSSR count). The van der Waals surface area contributed by atoms with Crippen LogP contribution in [0.1, 0.15) is 15.9 Å². The average molecular weight is 425 g/mol. The summed E-state index contributed by atoms with van der Waals surface area (Å²) in [7, 11) is 1.10. The molecule has 0 bridgehead atoms. The maximum absolute atomic E-state index is 12.9. The van der Waals surface area contributed by atoms with E-state index in [0.717, 1.165) is 11.3 Å². The van der Waals surface area contributed by atoms with Crippen molar-refractivity contribution in [3.05, 3.63) is 90.0 Å². The van der Waals surface area contributed by atoms with Crippen LogP contribution >= 0.6 is 0 Å². The SMILES string of the molecule is COc1ccc(CN(C)C(=O)c2ccc(S(=O)(=O)N(C)c3ccccc3)cc2)cc1. The molecule has 0 radical (unpaired) electrons. The van der Waals surface area contributed by atoms with E-state index in [1.165, 1.54) is 23.5 Å². The van der Waals surface area contributed by atoms with Crippen molar-refractivity contribution < 1.29 is 17.9 Å². The van der Waals surface area contributed by atoms with Gasteiger partial charge in [0.1, 0.15) is 5.75 Å². The lowest BCUT2D eigenvalue weighted by atomic mass is 10.1. The number of carbonyl (C=O) groups excluding carboxylic acids is 1. The third-order valence-electron chi connectivity index (χ3n) is 4.80. The lowest BCUT2D eigenvalue weighted by Gasteiger charge is -2.20. The quantitative estimate of drug-likeness (QED) is 0.579. The molecule has 1 amide bonds. The van der Waals surface area contributed by atoms with Gasteiger partial charge in [-0.25, -0.2) is 8.42 Å². The van der Waals surface area contributed by atoms with Crippen molar-refractivity contribution in [3.8, 4) is 5.75 Å². The number of nitrogens with zero attached hydrogens (tertiary/aromatic N) is 2. The lowest BCUT2D eigenvalue weighted by molar-refractivity contribution is 0.0785. The van der Waals surface area contributed by atoms with E-state index in [9.17, 15) is 13.2 Å². The van der Waals surface area contributed by atoms with Gasteiger partial charge in [0, 0.05) is 26.2 Å². The fourth-order valence-electron chi connectivity index (χ4n) is 3.00. The Morgan fingerprint density at radius 2 is 1.47 bits per heavy atom. The normalized spacial score (nSPS) is 11.0. The highest BCUT2D eigenvalue weighted by Gasteiger charge is 2.22. The predicted octanol–water partition coefficient (Wildman–Crippen LogP) is 3.79. The smallest absolute Gasteiger partial charge is 0.264 e. The predicted molar refractivity (Wildman–Crippen MR) is 117 cm³/mol. The molecule has 0 unspecified atom stereocenters. The zero-order chi connectivity index (χ0) is 21.7. The second-order valence-electron chi connectivity index (χ2n) is 6.84. The minimum atomic E-state index is -3.71. The van der Waals surface area contributed by atoms with Crippen LogP contribution in [0.2, 0.25) is 0 Å². The number of hydrogen-bond acceptors (Lipinski definition) is 4. The summed E-state index contributed by atoms with van der Waals surface area (Å²) in [6, 6.07) is 22.3. The average Bonchev–Trinajstić information content (AvgIpc) is 2.79. The summed E-state index contributed by atoms with van der Waals surface area (Å²) in [5, 5.41) is 0. The standard InChI is InChI=1S/C23H24N2O4S/c1-24(17-18-9-13-21(29-3)14-10-18)23(26)19-11-15-22(16-12-19)30(27,28)25(2)20-7-5-4-6-8-20/h4-16H,17H2,1-3H3. The number of amides is 1. The third-order valence-corrected chi connectivity index (χ3v) is 6.60. The van der Waals surface area contributed by atoms with Crippen molar-refractivity contribution in [2.75, 3.05) is 25.5 Å². The molecule has 0 heterocycles. The second-order valence-corrected chi connectivity index (χ2v) is 8.81. The largest absolute Gasteiger partial charge is 0.497 e. The zero-order valence-electron chi connectivity index (χ0n) is 17.1. The fraction of sp³-hybridized carbons (Fsp3) is 0.174. The zero-order valence-corrected chi connectivity index (χ0v) is 18.0. The van der Waals surface area contributed by atoms with Gasteiger partial charge in [0.15, 0.2) is 0 Å². The summed E-state index contributed by atoms with van der Waals surface area (Å²) in [6.45, 7) is 0.430. The van der Waals surface area contributed by atoms with E-state index in [0.29, 0.717) is 17.8 Å². The highest BCUT2D eigenvalue weighted by atomic mass is 32.2. The van der Waals surface area contributed by atoms with Gasteiger partial charge < -0.3 is 9.64 Å². The first-order chi connectivity index (χ1) is 14.3. The summed E-state index contributed by atoms with van der Waals surface area (Å²) < 4.78 is 32.1. The minimum Gasteiger partial charge on any atom is -0.497 e. The van der Waals surface area contributed by atoms with Gasteiger partial charge in [-0.1, -0.05) is 30.3 Å². The van der Waals surface area contributed by atoms with E-state index in [2.05, 4.69) is 0 Å². The molecule has 0 aliphatic rings. The molecule has 30 heavy (non-hydrogen) atoms. The van der Waals surface area contributed by atoms with Crippen LogP contribution in [0.15, 0.2) is 83.8 Å². The van der Waals surface area contributed by atoms with Crippen molar-refractivity contribution in [1.29, 1.82) is 0 Å². The first kappa shape index (κ1) is 21.4. The molecular formula is C23H24N2O4S. The van der Waals surface area contributed by atoms with Crippen molar-refractivity contribution in [2.24, 2.45) is 0 Å². The van der Waals surface area contributed by atoms with Crippen LogP contribution in [0.3, 0.4) is 0 Å². The number of anilines is 1. The Labute approximate surface area is 177 Å². The molecule has 0 saturated carbocycles. The lowest BCUT2D eigenvalue weighted by Crippen LogP contribution is -2.27. The van der Waals surface area contributed by atoms with Crippen molar-refractivity contribution in [2.45, 2.75) is 11.4 Å². The maximum Gasteiger partial charge on any atom is 0.264 e. The molecule has 0 aliphatic heterocycles. The van der Waals surface area contributed by atoms with E-state index in [1.807, 2.05) is 30.3 Å². The summed E-state index contributed by atoms with van der Waals surface area (Å²) in [4.78, 5) is 14.4. The Morgan fingerprint density at radius 1 is 0.867 bits per heavy atom. The van der Waals surface area contributed by atoms with Gasteiger partial charge in [-0.05, 0) is 54.1 Å². The number of hydrogen-bond donors (Lipinski definition) is 0. The van der Waals surface area contributed by atoms with E-state index in [1.54, 1.807) is 55.5 Å². The van der Waals surface area contributed by atoms with Crippen molar-refractivity contribution in [3.63, 3.8) is 0 Å². The summed E-state index contributed by atoms with van der Waals surface area (Å²) in [5.74, 6) is 0.566. The summed E-state index contributed by atoms with van der Waals surface area (Å²) >= 11 is 0. The highest BCUT2D eigenvalue weighted by molar-refractivity contribution is 7.92. The Bertz CT molecular complexity index is 1100. The van der Waals surface area contributed by atoms with E-state index in [-0.39, 0.29) is 10.8 Å². The molecule has 3 aromatic carbocycles. The fourth-order valence-corrected chi connectivity index (χ4v) is 4.20. The molecule has 0 aromatic heterocycles. The molecule has 6 nitrogen and oxygen atoms in total. The van der Waals surface area contributed by atoms with Crippen LogP contribution in [0.25, 0.3) is 0 Å². The summed E-state index contributed by atoms with van der Waals surface area (Å²) in [5.41, 5.74) is 1.96. The highest BCUT2D eigenvalue weighted by Crippen LogP contribution is 2.22. The van der Waals surface area contributed by atoms with Gasteiger partial charge >= 0.3 is 0 Å². The Kier molecular flexibility index (Phi) is 6.42. The third kappa shape index (κ3) is 4.63. The number of sulfonamides is 1. The minimum absolute atomic E-state index is 0.128. The van der Waals surface area contributed by atoms with E-state index in [4.69, 9.17) is 4.74 Å². The molecule has 0 aliphatic carbocycles. The van der Waals surface area contributed by atoms with Crippen LogP contribution in [-0.2, 0) is 16.6 Å². The van der Waals surface area contributed by atoms with Gasteiger partial charge in [-0.2, -0.15) is 0 Å². The molecule has 3 aromatic rings. The number of rotatable bonds is 7. The maximum atomic E-state index is 12.9. The molecule has 0 fully saturated rings. The molecular weight excluding hydrogens is 400 g/mol. The van der Waals surface area contributed by atoms with Crippen LogP contribution in [0, 0.1) is 0 Å². The molecule has 156 valence electrons. The van der Waals surface area contributed by atoms with Crippen LogP contribution in [0.4, 0.5) is 5.69 Å². The van der Waals surface area contributed by atoms with Crippen molar-refractivity contribution in [1.82, 2.24) is 4.90 Å². The van der Waals surface area contributed by atoms with Crippen LogP contribution < -0.4 is 9.04 Å². The molecule has 0 saturated heterocycles. The number of carbonyl (C=O) groups is 1. The molecule has 0 spiro atoms. The van der Waals surface area contributed by atoms with Crippen molar-refractivity contribution >= 4 is 21.6 Å². The van der Waals surface area contributed by atoms with Gasteiger partial charge in [0.05, 0.1) is 17.7 Å². The van der Waals surface area contributed by atoms with Gasteiger partial charge in [0.2, 0.25) is 0 Å². The first-order valence-electron chi connectivity index (χ1n) is 9.35. The van der Waals surface area contributed by atoms with Gasteiger partial charge in [-0.15, -0.1) is 0 Å². The molecule has 7 heteroatoms. The number of para-hydroxylation sites is 1. The Hall–Kier alpha value is -3.32. The molecule has 0 atom stereocenters. The van der Waals surface area contributed by atoms with Gasteiger partial charge in [0.25, 0.3) is 15.9 Å². The Morgan fingerprint density at radius 3 is 2.03 bits per heavy atom. The topological polar surface area (TPSA) is 66.9 Å².